The SMILES string of the molecule is CN(C)C(=O)NC=CC=CC=O. The number of amides is 2. The smallest absolute Gasteiger partial charge is 0.320 e. The predicted octanol–water partition coefficient (Wildman–Crippen LogP) is 0.526. The van der Waals surface area contributed by atoms with Crippen molar-refractivity contribution in [2.75, 3.05) is 14.1 Å². The van der Waals surface area contributed by atoms with E-state index < -0.39 is 0 Å². The van der Waals surface area contributed by atoms with Crippen LogP contribution in [-0.2, 0) is 4.79 Å². The highest BCUT2D eigenvalue weighted by atomic mass is 16.2. The van der Waals surface area contributed by atoms with Crippen molar-refractivity contribution in [2.24, 2.45) is 0 Å². The lowest BCUT2D eigenvalue weighted by molar-refractivity contribution is -0.104. The fourth-order valence-electron chi connectivity index (χ4n) is 0.414. The van der Waals surface area contributed by atoms with Gasteiger partial charge in [-0.1, -0.05) is 6.08 Å². The molecule has 4 heteroatoms. The van der Waals surface area contributed by atoms with E-state index in [0.29, 0.717) is 6.29 Å². The Hall–Kier alpha value is -1.58. The van der Waals surface area contributed by atoms with E-state index in [0.717, 1.165) is 0 Å². The molecule has 0 aromatic rings. The molecule has 0 saturated heterocycles. The minimum Gasteiger partial charge on any atom is -0.331 e. The standard InChI is InChI=1S/C8H12N2O2/c1-10(2)8(12)9-6-4-3-5-7-11/h3-7H,1-2H3,(H,9,12). The van der Waals surface area contributed by atoms with Crippen LogP contribution in [0.3, 0.4) is 0 Å². The van der Waals surface area contributed by atoms with Gasteiger partial charge in [-0.05, 0) is 12.2 Å². The Bertz CT molecular complexity index is 207. The molecular weight excluding hydrogens is 156 g/mol. The Kier molecular flexibility index (Phi) is 5.34. The zero-order valence-corrected chi connectivity index (χ0v) is 7.15. The van der Waals surface area contributed by atoms with Crippen LogP contribution in [-0.4, -0.2) is 31.3 Å². The zero-order valence-electron chi connectivity index (χ0n) is 7.15. The summed E-state index contributed by atoms with van der Waals surface area (Å²) in [5.41, 5.74) is 0. The molecule has 0 aliphatic carbocycles. The van der Waals surface area contributed by atoms with Crippen molar-refractivity contribution >= 4 is 12.3 Å². The van der Waals surface area contributed by atoms with Crippen molar-refractivity contribution in [3.63, 3.8) is 0 Å². The first kappa shape index (κ1) is 10.4. The van der Waals surface area contributed by atoms with Crippen LogP contribution in [0, 0.1) is 0 Å². The second-order valence-corrected chi connectivity index (χ2v) is 2.22. The molecule has 4 nitrogen and oxygen atoms in total. The van der Waals surface area contributed by atoms with Crippen LogP contribution in [0.25, 0.3) is 0 Å². The number of nitrogens with zero attached hydrogens (tertiary/aromatic N) is 1. The van der Waals surface area contributed by atoms with E-state index in [1.165, 1.54) is 23.3 Å². The van der Waals surface area contributed by atoms with E-state index in [4.69, 9.17) is 0 Å². The minimum absolute atomic E-state index is 0.203. The molecule has 0 rings (SSSR count). The predicted molar refractivity (Wildman–Crippen MR) is 46.6 cm³/mol. The molecule has 0 aromatic carbocycles. The number of hydrogen-bond donors (Lipinski definition) is 1. The maximum absolute atomic E-state index is 10.8. The van der Waals surface area contributed by atoms with Crippen LogP contribution in [0.5, 0.6) is 0 Å². The lowest BCUT2D eigenvalue weighted by atomic mass is 10.5. The van der Waals surface area contributed by atoms with Crippen molar-refractivity contribution in [3.8, 4) is 0 Å². The van der Waals surface area contributed by atoms with Gasteiger partial charge in [0.25, 0.3) is 0 Å². The number of nitrogens with one attached hydrogen (secondary N) is 1. The third-order valence-electron chi connectivity index (χ3n) is 1.01. The number of urea groups is 1. The van der Waals surface area contributed by atoms with Gasteiger partial charge in [0.15, 0.2) is 0 Å². The first-order valence-corrected chi connectivity index (χ1v) is 3.43. The molecule has 0 saturated carbocycles. The minimum atomic E-state index is -0.203. The van der Waals surface area contributed by atoms with Gasteiger partial charge in [0.05, 0.1) is 0 Å². The first-order chi connectivity index (χ1) is 5.68. The normalized spacial score (nSPS) is 10.5. The van der Waals surface area contributed by atoms with Crippen LogP contribution >= 0.6 is 0 Å². The lowest BCUT2D eigenvalue weighted by Crippen LogP contribution is -2.30. The summed E-state index contributed by atoms with van der Waals surface area (Å²) in [7, 11) is 3.29. The van der Waals surface area contributed by atoms with Crippen LogP contribution in [0.4, 0.5) is 4.79 Å². The monoisotopic (exact) mass is 168 g/mol. The van der Waals surface area contributed by atoms with E-state index in [1.54, 1.807) is 20.2 Å². The third-order valence-corrected chi connectivity index (χ3v) is 1.01. The summed E-state index contributed by atoms with van der Waals surface area (Å²) < 4.78 is 0. The molecule has 0 heterocycles. The molecule has 2 amide bonds. The molecule has 0 aliphatic rings. The van der Waals surface area contributed by atoms with Crippen LogP contribution < -0.4 is 5.32 Å². The van der Waals surface area contributed by atoms with Gasteiger partial charge in [-0.2, -0.15) is 0 Å². The number of rotatable bonds is 3. The van der Waals surface area contributed by atoms with Gasteiger partial charge in [0.2, 0.25) is 0 Å². The van der Waals surface area contributed by atoms with Crippen LogP contribution in [0.2, 0.25) is 0 Å². The number of aldehydes is 1. The molecule has 66 valence electrons. The summed E-state index contributed by atoms with van der Waals surface area (Å²) in [5, 5.41) is 2.48. The van der Waals surface area contributed by atoms with E-state index >= 15 is 0 Å². The maximum Gasteiger partial charge on any atom is 0.320 e. The highest BCUT2D eigenvalue weighted by Crippen LogP contribution is 1.77. The van der Waals surface area contributed by atoms with Gasteiger partial charge in [-0.15, -0.1) is 0 Å². The van der Waals surface area contributed by atoms with Gasteiger partial charge in [-0.25, -0.2) is 4.79 Å². The maximum atomic E-state index is 10.8. The molecule has 0 bridgehead atoms. The van der Waals surface area contributed by atoms with Crippen molar-refractivity contribution < 1.29 is 9.59 Å². The second kappa shape index (κ2) is 6.15. The average molecular weight is 168 g/mol. The summed E-state index contributed by atoms with van der Waals surface area (Å²) in [5.74, 6) is 0. The second-order valence-electron chi connectivity index (χ2n) is 2.22. The highest BCUT2D eigenvalue weighted by Gasteiger charge is 1.96. The van der Waals surface area contributed by atoms with Gasteiger partial charge in [0, 0.05) is 20.3 Å². The van der Waals surface area contributed by atoms with Crippen molar-refractivity contribution in [1.82, 2.24) is 10.2 Å². The Morgan fingerprint density at radius 2 is 1.92 bits per heavy atom. The molecule has 0 spiro atoms. The van der Waals surface area contributed by atoms with Crippen molar-refractivity contribution in [1.29, 1.82) is 0 Å². The van der Waals surface area contributed by atoms with Crippen LogP contribution in [0.15, 0.2) is 24.4 Å². The van der Waals surface area contributed by atoms with Gasteiger partial charge in [-0.3, -0.25) is 4.79 Å². The number of carbonyl (C=O) groups excluding carboxylic acids is 2. The Morgan fingerprint density at radius 1 is 1.25 bits per heavy atom. The summed E-state index contributed by atoms with van der Waals surface area (Å²) >= 11 is 0. The molecule has 0 unspecified atom stereocenters. The lowest BCUT2D eigenvalue weighted by Gasteiger charge is -2.07. The van der Waals surface area contributed by atoms with Gasteiger partial charge < -0.3 is 10.2 Å². The Balaban J connectivity index is 3.67. The topological polar surface area (TPSA) is 49.4 Å². The first-order valence-electron chi connectivity index (χ1n) is 3.43. The zero-order chi connectivity index (χ0) is 9.40. The fraction of sp³-hybridized carbons (Fsp3) is 0.250. The summed E-state index contributed by atoms with van der Waals surface area (Å²) in [6.07, 6.45) is 6.55. The third kappa shape index (κ3) is 5.22. The van der Waals surface area contributed by atoms with Crippen molar-refractivity contribution in [3.05, 3.63) is 24.4 Å². The van der Waals surface area contributed by atoms with Crippen LogP contribution in [0.1, 0.15) is 0 Å². The quantitative estimate of drug-likeness (QED) is 0.379. The number of carbonyl (C=O) groups is 2. The molecule has 0 aromatic heterocycles. The van der Waals surface area contributed by atoms with E-state index in [-0.39, 0.29) is 6.03 Å². The Morgan fingerprint density at radius 3 is 2.42 bits per heavy atom. The largest absolute Gasteiger partial charge is 0.331 e. The van der Waals surface area contributed by atoms with Gasteiger partial charge >= 0.3 is 6.03 Å². The average Bonchev–Trinajstić information content (AvgIpc) is 2.03. The molecule has 0 radical (unpaired) electrons. The summed E-state index contributed by atoms with van der Waals surface area (Å²) in [6, 6.07) is -0.203. The molecule has 0 aliphatic heterocycles. The number of allylic oxidation sites excluding steroid dienone is 3. The molecule has 12 heavy (non-hydrogen) atoms. The number of hydrogen-bond acceptors (Lipinski definition) is 2. The highest BCUT2D eigenvalue weighted by molar-refractivity contribution is 5.74. The van der Waals surface area contributed by atoms with Crippen molar-refractivity contribution in [2.45, 2.75) is 0 Å². The van der Waals surface area contributed by atoms with Gasteiger partial charge in [0.1, 0.15) is 6.29 Å². The summed E-state index contributed by atoms with van der Waals surface area (Å²) in [4.78, 5) is 22.0. The van der Waals surface area contributed by atoms with E-state index in [1.807, 2.05) is 0 Å². The molecule has 0 fully saturated rings. The Labute approximate surface area is 71.5 Å². The molecule has 1 N–H and O–H groups in total. The summed E-state index contributed by atoms with van der Waals surface area (Å²) in [6.45, 7) is 0. The van der Waals surface area contributed by atoms with E-state index in [2.05, 4.69) is 5.32 Å². The molecular formula is C8H12N2O2. The fourth-order valence-corrected chi connectivity index (χ4v) is 0.414. The van der Waals surface area contributed by atoms with E-state index in [9.17, 15) is 9.59 Å². The molecule has 0 atom stereocenters.